The number of halogens is 3. The highest BCUT2D eigenvalue weighted by molar-refractivity contribution is 6.51. The molecule has 1 aliphatic carbocycles. The van der Waals surface area contributed by atoms with Gasteiger partial charge in [0.1, 0.15) is 11.5 Å². The van der Waals surface area contributed by atoms with Crippen molar-refractivity contribution in [2.45, 2.75) is 37.9 Å². The number of benzene rings is 3. The molecule has 1 fully saturated rings. The van der Waals surface area contributed by atoms with Crippen molar-refractivity contribution in [3.63, 3.8) is 0 Å². The van der Waals surface area contributed by atoms with Gasteiger partial charge in [-0.1, -0.05) is 30.3 Å². The molecular weight excluding hydrogens is 483 g/mol. The molecule has 0 bridgehead atoms. The van der Waals surface area contributed by atoms with E-state index in [-0.39, 0.29) is 17.0 Å². The van der Waals surface area contributed by atoms with E-state index < -0.39 is 29.5 Å². The van der Waals surface area contributed by atoms with Crippen LogP contribution < -0.4 is 9.64 Å². The van der Waals surface area contributed by atoms with Crippen molar-refractivity contribution in [3.8, 4) is 5.75 Å². The van der Waals surface area contributed by atoms with E-state index in [0.29, 0.717) is 16.9 Å². The van der Waals surface area contributed by atoms with Crippen LogP contribution in [0.25, 0.3) is 5.76 Å². The number of rotatable bonds is 4. The molecule has 1 unspecified atom stereocenters. The Balaban J connectivity index is 1.69. The maximum atomic E-state index is 13.5. The highest BCUT2D eigenvalue weighted by Gasteiger charge is 2.47. The number of hydrogen-bond donors (Lipinski definition) is 1. The Morgan fingerprint density at radius 1 is 0.946 bits per heavy atom. The van der Waals surface area contributed by atoms with Gasteiger partial charge in [0.2, 0.25) is 0 Å². The van der Waals surface area contributed by atoms with Crippen molar-refractivity contribution < 1.29 is 32.6 Å². The van der Waals surface area contributed by atoms with Crippen molar-refractivity contribution >= 4 is 23.1 Å². The smallest absolute Gasteiger partial charge is 0.416 e. The molecule has 37 heavy (non-hydrogen) atoms. The van der Waals surface area contributed by atoms with Gasteiger partial charge in [-0.25, -0.2) is 0 Å². The molecule has 1 aliphatic heterocycles. The van der Waals surface area contributed by atoms with Crippen molar-refractivity contribution in [1.29, 1.82) is 0 Å². The first-order chi connectivity index (χ1) is 17.7. The standard InChI is InChI=1S/C29H24F3NO4/c1-37-23-13-11-18(12-14-23)25-24(26(34)20-10-9-17-5-2-3-6-19(17)15-20)27(35)28(36)33(25)22-8-4-7-21(16-22)29(30,31)32/h4,7-16,25,34H,2-3,5-6H2,1H3/b26-24-. The number of nitrogens with zero attached hydrogens (tertiary/aromatic N) is 1. The number of aryl methyl sites for hydroxylation is 2. The molecule has 5 rings (SSSR count). The summed E-state index contributed by atoms with van der Waals surface area (Å²) < 4.78 is 45.6. The Kier molecular flexibility index (Phi) is 6.27. The number of amides is 1. The highest BCUT2D eigenvalue weighted by Crippen LogP contribution is 2.44. The van der Waals surface area contributed by atoms with Gasteiger partial charge in [-0.3, -0.25) is 14.5 Å². The van der Waals surface area contributed by atoms with Crippen molar-refractivity contribution in [1.82, 2.24) is 0 Å². The van der Waals surface area contributed by atoms with Gasteiger partial charge in [-0.2, -0.15) is 13.2 Å². The lowest BCUT2D eigenvalue weighted by atomic mass is 9.88. The van der Waals surface area contributed by atoms with E-state index in [2.05, 4.69) is 0 Å². The molecule has 2 aliphatic rings. The number of carbonyl (C=O) groups excluding carboxylic acids is 2. The van der Waals surface area contributed by atoms with E-state index >= 15 is 0 Å². The number of hydrogen-bond acceptors (Lipinski definition) is 4. The number of ether oxygens (including phenoxy) is 1. The average Bonchev–Trinajstić information content (AvgIpc) is 3.17. The van der Waals surface area contributed by atoms with Crippen LogP contribution in [0.2, 0.25) is 0 Å². The van der Waals surface area contributed by atoms with Crippen LogP contribution in [0, 0.1) is 0 Å². The first-order valence-corrected chi connectivity index (χ1v) is 11.9. The van der Waals surface area contributed by atoms with Gasteiger partial charge in [0.15, 0.2) is 0 Å². The fourth-order valence-corrected chi connectivity index (χ4v) is 5.07. The fraction of sp³-hybridized carbons (Fsp3) is 0.241. The topological polar surface area (TPSA) is 66.8 Å². The summed E-state index contributed by atoms with van der Waals surface area (Å²) in [5.74, 6) is -1.82. The first-order valence-electron chi connectivity index (χ1n) is 11.9. The number of ketones is 1. The van der Waals surface area contributed by atoms with Crippen LogP contribution in [0.4, 0.5) is 18.9 Å². The third-order valence-electron chi connectivity index (χ3n) is 6.95. The molecule has 1 atom stereocenters. The van der Waals surface area contributed by atoms with Gasteiger partial charge in [-0.15, -0.1) is 0 Å². The molecule has 190 valence electrons. The molecule has 0 saturated carbocycles. The molecule has 0 spiro atoms. The summed E-state index contributed by atoms with van der Waals surface area (Å²) in [5.41, 5.74) is 1.86. The predicted octanol–water partition coefficient (Wildman–Crippen LogP) is 6.22. The minimum absolute atomic E-state index is 0.0952. The average molecular weight is 508 g/mol. The monoisotopic (exact) mass is 507 g/mol. The van der Waals surface area contributed by atoms with Gasteiger partial charge in [0.05, 0.1) is 24.3 Å². The molecule has 1 saturated heterocycles. The maximum Gasteiger partial charge on any atom is 0.416 e. The zero-order chi connectivity index (χ0) is 26.3. The molecule has 0 radical (unpaired) electrons. The normalized spacial score (nSPS) is 19.1. The van der Waals surface area contributed by atoms with Crippen LogP contribution in [-0.4, -0.2) is 23.9 Å². The summed E-state index contributed by atoms with van der Waals surface area (Å²) in [6.07, 6.45) is -0.762. The van der Waals surface area contributed by atoms with E-state index in [1.807, 2.05) is 12.1 Å². The molecular formula is C29H24F3NO4. The van der Waals surface area contributed by atoms with Crippen LogP contribution in [0.1, 0.15) is 46.7 Å². The highest BCUT2D eigenvalue weighted by atomic mass is 19.4. The summed E-state index contributed by atoms with van der Waals surface area (Å²) in [6.45, 7) is 0. The summed E-state index contributed by atoms with van der Waals surface area (Å²) in [4.78, 5) is 27.6. The van der Waals surface area contributed by atoms with Crippen molar-refractivity contribution in [2.24, 2.45) is 0 Å². The zero-order valence-electron chi connectivity index (χ0n) is 20.0. The predicted molar refractivity (Wildman–Crippen MR) is 132 cm³/mol. The number of alkyl halides is 3. The Labute approximate surface area is 211 Å². The number of anilines is 1. The number of carbonyl (C=O) groups is 2. The Morgan fingerprint density at radius 3 is 2.32 bits per heavy atom. The van der Waals surface area contributed by atoms with Gasteiger partial charge in [0.25, 0.3) is 11.7 Å². The second-order valence-corrected chi connectivity index (χ2v) is 9.18. The van der Waals surface area contributed by atoms with Crippen LogP contribution in [0.5, 0.6) is 5.75 Å². The lowest BCUT2D eigenvalue weighted by Crippen LogP contribution is -2.29. The van der Waals surface area contributed by atoms with Crippen molar-refractivity contribution in [2.75, 3.05) is 12.0 Å². The molecule has 1 N–H and O–H groups in total. The van der Waals surface area contributed by atoms with Gasteiger partial charge in [0, 0.05) is 11.3 Å². The van der Waals surface area contributed by atoms with Crippen molar-refractivity contribution in [3.05, 3.63) is 100 Å². The number of methoxy groups -OCH3 is 1. The van der Waals surface area contributed by atoms with E-state index in [9.17, 15) is 27.9 Å². The third-order valence-corrected chi connectivity index (χ3v) is 6.95. The van der Waals surface area contributed by atoms with Gasteiger partial charge < -0.3 is 9.84 Å². The molecule has 5 nitrogen and oxygen atoms in total. The number of aliphatic hydroxyl groups excluding tert-OH is 1. The van der Waals surface area contributed by atoms with E-state index in [0.717, 1.165) is 48.3 Å². The van der Waals surface area contributed by atoms with Crippen LogP contribution >= 0.6 is 0 Å². The Hall–Kier alpha value is -4.07. The molecule has 8 heteroatoms. The molecule has 3 aromatic rings. The second-order valence-electron chi connectivity index (χ2n) is 9.18. The van der Waals surface area contributed by atoms with Crippen LogP contribution in [0.15, 0.2) is 72.3 Å². The van der Waals surface area contributed by atoms with E-state index in [1.54, 1.807) is 30.3 Å². The SMILES string of the molecule is COc1ccc(C2/C(=C(/O)c3ccc4c(c3)CCCC4)C(=O)C(=O)N2c2cccc(C(F)(F)F)c2)cc1. The summed E-state index contributed by atoms with van der Waals surface area (Å²) in [6, 6.07) is 15.1. The third kappa shape index (κ3) is 4.48. The van der Waals surface area contributed by atoms with Gasteiger partial charge in [-0.05, 0) is 78.8 Å². The Morgan fingerprint density at radius 2 is 1.65 bits per heavy atom. The zero-order valence-corrected chi connectivity index (χ0v) is 20.0. The second kappa shape index (κ2) is 9.42. The minimum atomic E-state index is -4.64. The largest absolute Gasteiger partial charge is 0.507 e. The molecule has 0 aromatic heterocycles. The van der Waals surface area contributed by atoms with E-state index in [4.69, 9.17) is 4.74 Å². The van der Waals surface area contributed by atoms with E-state index in [1.165, 1.54) is 24.8 Å². The maximum absolute atomic E-state index is 13.5. The van der Waals surface area contributed by atoms with Crippen LogP contribution in [0.3, 0.4) is 0 Å². The number of Topliss-reactive ketones (excluding diaryl/α,β-unsaturated/α-hetero) is 1. The molecule has 1 amide bonds. The number of aliphatic hydroxyl groups is 1. The minimum Gasteiger partial charge on any atom is -0.507 e. The lowest BCUT2D eigenvalue weighted by molar-refractivity contribution is -0.137. The van der Waals surface area contributed by atoms with Crippen LogP contribution in [-0.2, 0) is 28.6 Å². The Bertz CT molecular complexity index is 1410. The van der Waals surface area contributed by atoms with Gasteiger partial charge >= 0.3 is 6.18 Å². The first kappa shape index (κ1) is 24.6. The quantitative estimate of drug-likeness (QED) is 0.259. The number of fused-ring (bicyclic) bond motifs is 1. The summed E-state index contributed by atoms with van der Waals surface area (Å²) >= 11 is 0. The molecule has 3 aromatic carbocycles. The summed E-state index contributed by atoms with van der Waals surface area (Å²) in [7, 11) is 1.49. The summed E-state index contributed by atoms with van der Waals surface area (Å²) in [5, 5.41) is 11.4. The lowest BCUT2D eigenvalue weighted by Gasteiger charge is -2.26. The fourth-order valence-electron chi connectivity index (χ4n) is 5.07. The molecule has 1 heterocycles.